The molecule has 3 aromatic rings. The summed E-state index contributed by atoms with van der Waals surface area (Å²) in [6, 6.07) is 19.3. The van der Waals surface area contributed by atoms with Gasteiger partial charge in [0, 0.05) is 0 Å². The number of nitrogens with zero attached hydrogens (tertiary/aromatic N) is 2. The Morgan fingerprint density at radius 2 is 1.63 bits per heavy atom. The maximum absolute atomic E-state index is 13.6. The van der Waals surface area contributed by atoms with E-state index in [2.05, 4.69) is 10.5 Å². The van der Waals surface area contributed by atoms with Gasteiger partial charge in [-0.25, -0.2) is 13.8 Å². The molecule has 7 nitrogen and oxygen atoms in total. The summed E-state index contributed by atoms with van der Waals surface area (Å²) in [5.74, 6) is 0.199. The highest BCUT2D eigenvalue weighted by Gasteiger charge is 2.28. The van der Waals surface area contributed by atoms with Crippen LogP contribution in [0.15, 0.2) is 76.7 Å². The van der Waals surface area contributed by atoms with Crippen LogP contribution in [0.5, 0.6) is 5.75 Å². The van der Waals surface area contributed by atoms with Crippen LogP contribution >= 0.6 is 0 Å². The van der Waals surface area contributed by atoms with Crippen molar-refractivity contribution in [3.05, 3.63) is 89.0 Å². The fourth-order valence-corrected chi connectivity index (χ4v) is 4.96. The molecule has 0 spiro atoms. The Hall–Kier alpha value is -3.65. The highest BCUT2D eigenvalue weighted by Crippen LogP contribution is 2.28. The molecule has 0 aliphatic carbocycles. The molecule has 1 N–H and O–H groups in total. The Morgan fingerprint density at radius 3 is 2.26 bits per heavy atom. The molecule has 0 radical (unpaired) electrons. The van der Waals surface area contributed by atoms with E-state index in [1.165, 1.54) is 0 Å². The predicted molar refractivity (Wildman–Crippen MR) is 140 cm³/mol. The molecule has 0 atom stereocenters. The molecule has 184 valence electrons. The van der Waals surface area contributed by atoms with Gasteiger partial charge in [-0.2, -0.15) is 5.10 Å². The Labute approximate surface area is 207 Å². The summed E-state index contributed by atoms with van der Waals surface area (Å²) in [6.07, 6.45) is 0. The summed E-state index contributed by atoms with van der Waals surface area (Å²) in [4.78, 5) is 13.0. The standard InChI is InChI=1S/C27H31N3O4S/c1-6-34-24-14-12-23(13-15-24)22(5)28-29-27(31)18-30(26-9-7-8-20(3)21(26)4)35(32,33)25-16-10-19(2)11-17-25/h7-17H,6,18H2,1-5H3,(H,29,31)/b28-22-. The Bertz CT molecular complexity index is 1320. The van der Waals surface area contributed by atoms with Crippen LogP contribution in [-0.2, 0) is 14.8 Å². The zero-order valence-corrected chi connectivity index (χ0v) is 21.5. The minimum Gasteiger partial charge on any atom is -0.494 e. The second-order valence-electron chi connectivity index (χ2n) is 8.23. The van der Waals surface area contributed by atoms with Crippen LogP contribution in [0.3, 0.4) is 0 Å². The van der Waals surface area contributed by atoms with Gasteiger partial charge in [0.15, 0.2) is 0 Å². The Kier molecular flexibility index (Phi) is 8.30. The number of benzene rings is 3. The first-order valence-corrected chi connectivity index (χ1v) is 12.8. The van der Waals surface area contributed by atoms with Crippen LogP contribution in [0.2, 0.25) is 0 Å². The van der Waals surface area contributed by atoms with Crippen molar-refractivity contribution in [2.75, 3.05) is 17.5 Å². The zero-order valence-electron chi connectivity index (χ0n) is 20.7. The lowest BCUT2D eigenvalue weighted by Crippen LogP contribution is -2.40. The quantitative estimate of drug-likeness (QED) is 0.344. The second-order valence-corrected chi connectivity index (χ2v) is 10.1. The summed E-state index contributed by atoms with van der Waals surface area (Å²) in [5.41, 5.74) is 7.00. The summed E-state index contributed by atoms with van der Waals surface area (Å²) >= 11 is 0. The van der Waals surface area contributed by atoms with Gasteiger partial charge in [-0.05, 0) is 93.8 Å². The molecule has 8 heteroatoms. The highest BCUT2D eigenvalue weighted by atomic mass is 32.2. The minimum atomic E-state index is -4.00. The van der Waals surface area contributed by atoms with Gasteiger partial charge in [0.1, 0.15) is 12.3 Å². The fraction of sp³-hybridized carbons (Fsp3) is 0.259. The van der Waals surface area contributed by atoms with Crippen molar-refractivity contribution in [3.63, 3.8) is 0 Å². The first-order chi connectivity index (χ1) is 16.6. The molecular weight excluding hydrogens is 462 g/mol. The smallest absolute Gasteiger partial charge is 0.264 e. The van der Waals surface area contributed by atoms with Crippen molar-refractivity contribution < 1.29 is 17.9 Å². The molecule has 1 amide bonds. The highest BCUT2D eigenvalue weighted by molar-refractivity contribution is 7.92. The number of hydrogen-bond acceptors (Lipinski definition) is 5. The van der Waals surface area contributed by atoms with E-state index in [1.54, 1.807) is 43.3 Å². The molecule has 0 saturated heterocycles. The number of nitrogens with one attached hydrogen (secondary N) is 1. The molecule has 0 aliphatic rings. The van der Waals surface area contributed by atoms with Gasteiger partial charge >= 0.3 is 0 Å². The number of aryl methyl sites for hydroxylation is 2. The maximum Gasteiger partial charge on any atom is 0.264 e. The molecule has 0 saturated carbocycles. The topological polar surface area (TPSA) is 88.1 Å². The van der Waals surface area contributed by atoms with Gasteiger partial charge in [-0.3, -0.25) is 9.10 Å². The van der Waals surface area contributed by atoms with Crippen LogP contribution in [0.4, 0.5) is 5.69 Å². The zero-order chi connectivity index (χ0) is 25.6. The lowest BCUT2D eigenvalue weighted by atomic mass is 10.1. The molecular formula is C27H31N3O4S. The first-order valence-electron chi connectivity index (χ1n) is 11.4. The summed E-state index contributed by atoms with van der Waals surface area (Å²) in [7, 11) is -4.00. The van der Waals surface area contributed by atoms with E-state index in [-0.39, 0.29) is 4.90 Å². The summed E-state index contributed by atoms with van der Waals surface area (Å²) < 4.78 is 33.8. The number of ether oxygens (including phenoxy) is 1. The number of amides is 1. The van der Waals surface area contributed by atoms with E-state index in [0.717, 1.165) is 32.3 Å². The van der Waals surface area contributed by atoms with Gasteiger partial charge in [0.2, 0.25) is 0 Å². The van der Waals surface area contributed by atoms with E-state index >= 15 is 0 Å². The van der Waals surface area contributed by atoms with Gasteiger partial charge in [-0.1, -0.05) is 29.8 Å². The average Bonchev–Trinajstić information content (AvgIpc) is 2.84. The van der Waals surface area contributed by atoms with E-state index in [0.29, 0.717) is 18.0 Å². The summed E-state index contributed by atoms with van der Waals surface area (Å²) in [6.45, 7) is 9.47. The second kappa shape index (κ2) is 11.2. The van der Waals surface area contributed by atoms with Crippen molar-refractivity contribution in [1.29, 1.82) is 0 Å². The third-order valence-corrected chi connectivity index (χ3v) is 7.45. The van der Waals surface area contributed by atoms with E-state index in [1.807, 2.05) is 58.0 Å². The van der Waals surface area contributed by atoms with Crippen LogP contribution in [0, 0.1) is 20.8 Å². The van der Waals surface area contributed by atoms with Crippen LogP contribution in [-0.4, -0.2) is 33.2 Å². The lowest BCUT2D eigenvalue weighted by Gasteiger charge is -2.26. The Morgan fingerprint density at radius 1 is 0.971 bits per heavy atom. The predicted octanol–water partition coefficient (Wildman–Crippen LogP) is 4.75. The lowest BCUT2D eigenvalue weighted by molar-refractivity contribution is -0.119. The molecule has 35 heavy (non-hydrogen) atoms. The van der Waals surface area contributed by atoms with Crippen molar-refractivity contribution in [2.24, 2.45) is 5.10 Å². The number of carbonyl (C=O) groups excluding carboxylic acids is 1. The van der Waals surface area contributed by atoms with E-state index < -0.39 is 22.5 Å². The van der Waals surface area contributed by atoms with Crippen LogP contribution < -0.4 is 14.5 Å². The number of rotatable bonds is 9. The molecule has 0 aliphatic heterocycles. The fourth-order valence-electron chi connectivity index (χ4n) is 3.48. The molecule has 3 aromatic carbocycles. The van der Waals surface area contributed by atoms with Crippen LogP contribution in [0.1, 0.15) is 36.1 Å². The normalized spacial score (nSPS) is 11.7. The van der Waals surface area contributed by atoms with Crippen molar-refractivity contribution in [3.8, 4) is 5.75 Å². The van der Waals surface area contributed by atoms with Gasteiger partial charge in [0.05, 0.1) is 22.9 Å². The number of carbonyl (C=O) groups is 1. The maximum atomic E-state index is 13.6. The van der Waals surface area contributed by atoms with Crippen molar-refractivity contribution >= 4 is 27.3 Å². The van der Waals surface area contributed by atoms with Gasteiger partial charge < -0.3 is 4.74 Å². The van der Waals surface area contributed by atoms with E-state index in [4.69, 9.17) is 4.74 Å². The third-order valence-electron chi connectivity index (χ3n) is 5.67. The SMILES string of the molecule is CCOc1ccc(/C(C)=N\NC(=O)CN(c2cccc(C)c2C)S(=O)(=O)c2ccc(C)cc2)cc1. The molecule has 0 unspecified atom stereocenters. The van der Waals surface area contributed by atoms with E-state index in [9.17, 15) is 13.2 Å². The number of anilines is 1. The molecule has 0 fully saturated rings. The molecule has 0 aromatic heterocycles. The minimum absolute atomic E-state index is 0.117. The first kappa shape index (κ1) is 26.0. The monoisotopic (exact) mass is 493 g/mol. The van der Waals surface area contributed by atoms with Crippen LogP contribution in [0.25, 0.3) is 0 Å². The third kappa shape index (κ3) is 6.27. The number of hydrazone groups is 1. The van der Waals surface area contributed by atoms with Crippen molar-refractivity contribution in [2.45, 2.75) is 39.5 Å². The molecule has 0 heterocycles. The number of sulfonamides is 1. The molecule has 0 bridgehead atoms. The Balaban J connectivity index is 1.87. The molecule has 3 rings (SSSR count). The largest absolute Gasteiger partial charge is 0.494 e. The summed E-state index contributed by atoms with van der Waals surface area (Å²) in [5, 5.41) is 4.18. The van der Waals surface area contributed by atoms with Gasteiger partial charge in [0.25, 0.3) is 15.9 Å². The number of hydrogen-bond donors (Lipinski definition) is 1. The van der Waals surface area contributed by atoms with Crippen molar-refractivity contribution in [1.82, 2.24) is 5.43 Å². The average molecular weight is 494 g/mol. The van der Waals surface area contributed by atoms with Gasteiger partial charge in [-0.15, -0.1) is 0 Å².